The molecule has 0 saturated heterocycles. The topological polar surface area (TPSA) is 41.6 Å². The highest BCUT2D eigenvalue weighted by Crippen LogP contribution is 2.25. The van der Waals surface area contributed by atoms with Crippen LogP contribution in [0.4, 0.5) is 0 Å². The summed E-state index contributed by atoms with van der Waals surface area (Å²) in [4.78, 5) is 4.51. The number of aryl methyl sites for hydroxylation is 1. The molecule has 0 aliphatic heterocycles. The molecular weight excluding hydrogens is 302 g/mol. The normalized spacial score (nSPS) is 10.8. The van der Waals surface area contributed by atoms with Gasteiger partial charge in [-0.1, -0.05) is 71.4 Å². The number of hydrogen-bond donors (Lipinski definition) is 1. The maximum atomic E-state index is 6.14. The minimum atomic E-state index is 0.727. The van der Waals surface area contributed by atoms with Gasteiger partial charge in [0.2, 0.25) is 5.16 Å². The van der Waals surface area contributed by atoms with Crippen LogP contribution >= 0.6 is 23.4 Å². The van der Waals surface area contributed by atoms with E-state index >= 15 is 0 Å². The molecule has 21 heavy (non-hydrogen) atoms. The van der Waals surface area contributed by atoms with Crippen LogP contribution in [-0.4, -0.2) is 15.2 Å². The summed E-state index contributed by atoms with van der Waals surface area (Å²) in [6.07, 6.45) is 0. The van der Waals surface area contributed by atoms with Crippen LogP contribution in [0.25, 0.3) is 11.4 Å². The third-order valence-electron chi connectivity index (χ3n) is 3.10. The van der Waals surface area contributed by atoms with Gasteiger partial charge in [-0.3, -0.25) is 5.10 Å². The maximum Gasteiger partial charge on any atom is 0.209 e. The summed E-state index contributed by atoms with van der Waals surface area (Å²) in [7, 11) is 0. The van der Waals surface area contributed by atoms with Crippen molar-refractivity contribution >= 4 is 23.4 Å². The Kier molecular flexibility index (Phi) is 4.27. The van der Waals surface area contributed by atoms with E-state index in [0.717, 1.165) is 32.9 Å². The third-order valence-corrected chi connectivity index (χ3v) is 4.37. The molecule has 0 atom stereocenters. The average Bonchev–Trinajstić information content (AvgIpc) is 2.96. The number of rotatable bonds is 4. The van der Waals surface area contributed by atoms with Crippen LogP contribution in [0.15, 0.2) is 53.7 Å². The van der Waals surface area contributed by atoms with Gasteiger partial charge in [0.25, 0.3) is 0 Å². The second-order valence-corrected chi connectivity index (χ2v) is 6.06. The van der Waals surface area contributed by atoms with Crippen LogP contribution < -0.4 is 0 Å². The zero-order chi connectivity index (χ0) is 14.7. The minimum Gasteiger partial charge on any atom is -0.258 e. The van der Waals surface area contributed by atoms with Crippen LogP contribution in [0.3, 0.4) is 0 Å². The van der Waals surface area contributed by atoms with E-state index in [1.165, 1.54) is 5.56 Å². The van der Waals surface area contributed by atoms with Crippen molar-refractivity contribution in [3.8, 4) is 11.4 Å². The highest BCUT2D eigenvalue weighted by atomic mass is 35.5. The Bertz CT molecular complexity index is 737. The van der Waals surface area contributed by atoms with Crippen molar-refractivity contribution in [2.45, 2.75) is 17.8 Å². The number of H-pyrrole nitrogens is 1. The molecular formula is C16H14ClN3S. The van der Waals surface area contributed by atoms with Gasteiger partial charge in [-0.2, -0.15) is 0 Å². The van der Waals surface area contributed by atoms with Crippen molar-refractivity contribution in [2.24, 2.45) is 0 Å². The molecule has 3 rings (SSSR count). The first-order valence-corrected chi connectivity index (χ1v) is 7.94. The predicted molar refractivity (Wildman–Crippen MR) is 87.6 cm³/mol. The quantitative estimate of drug-likeness (QED) is 0.708. The molecule has 3 aromatic rings. The van der Waals surface area contributed by atoms with Crippen molar-refractivity contribution in [1.82, 2.24) is 15.2 Å². The lowest BCUT2D eigenvalue weighted by molar-refractivity contribution is 0.973. The third kappa shape index (κ3) is 3.46. The fourth-order valence-corrected chi connectivity index (χ4v) is 2.99. The molecule has 0 fully saturated rings. The molecule has 5 heteroatoms. The minimum absolute atomic E-state index is 0.727. The first kappa shape index (κ1) is 14.2. The molecule has 0 bridgehead atoms. The smallest absolute Gasteiger partial charge is 0.209 e. The molecule has 0 radical (unpaired) electrons. The van der Waals surface area contributed by atoms with Crippen LogP contribution in [0, 0.1) is 6.92 Å². The first-order valence-electron chi connectivity index (χ1n) is 6.58. The van der Waals surface area contributed by atoms with Gasteiger partial charge in [-0.15, -0.1) is 5.10 Å². The van der Waals surface area contributed by atoms with Gasteiger partial charge in [0, 0.05) is 16.3 Å². The summed E-state index contributed by atoms with van der Waals surface area (Å²) in [5.41, 5.74) is 3.36. The lowest BCUT2D eigenvalue weighted by Gasteiger charge is -2.00. The SMILES string of the molecule is Cc1ccc(-c2nc(SCc3ccccc3Cl)n[nH]2)cc1. The molecule has 0 aliphatic carbocycles. The number of halogens is 1. The van der Waals surface area contributed by atoms with E-state index in [1.54, 1.807) is 11.8 Å². The van der Waals surface area contributed by atoms with Gasteiger partial charge < -0.3 is 0 Å². The standard InChI is InChI=1S/C16H14ClN3S/c1-11-6-8-12(9-7-11)15-18-16(20-19-15)21-10-13-4-2-3-5-14(13)17/h2-9H,10H2,1H3,(H,18,19,20). The average molecular weight is 316 g/mol. The van der Waals surface area contributed by atoms with E-state index in [1.807, 2.05) is 36.4 Å². The molecule has 0 spiro atoms. The summed E-state index contributed by atoms with van der Waals surface area (Å²) in [5, 5.41) is 8.73. The number of aromatic nitrogens is 3. The Morgan fingerprint density at radius 3 is 2.62 bits per heavy atom. The summed E-state index contributed by atoms with van der Waals surface area (Å²) in [5.74, 6) is 1.54. The van der Waals surface area contributed by atoms with E-state index in [9.17, 15) is 0 Å². The highest BCUT2D eigenvalue weighted by Gasteiger charge is 2.07. The number of thioether (sulfide) groups is 1. The van der Waals surface area contributed by atoms with E-state index < -0.39 is 0 Å². The largest absolute Gasteiger partial charge is 0.258 e. The Hall–Kier alpha value is -1.78. The van der Waals surface area contributed by atoms with Gasteiger partial charge in [0.05, 0.1) is 0 Å². The van der Waals surface area contributed by atoms with Gasteiger partial charge in [-0.25, -0.2) is 4.98 Å². The Morgan fingerprint density at radius 2 is 1.86 bits per heavy atom. The van der Waals surface area contributed by atoms with Crippen molar-refractivity contribution in [3.63, 3.8) is 0 Å². The summed E-state index contributed by atoms with van der Waals surface area (Å²) < 4.78 is 0. The second-order valence-electron chi connectivity index (χ2n) is 4.71. The van der Waals surface area contributed by atoms with Crippen LogP contribution in [0.5, 0.6) is 0 Å². The van der Waals surface area contributed by atoms with Crippen LogP contribution in [-0.2, 0) is 5.75 Å². The van der Waals surface area contributed by atoms with E-state index in [2.05, 4.69) is 34.2 Å². The summed E-state index contributed by atoms with van der Waals surface area (Å²) in [6, 6.07) is 16.0. The lowest BCUT2D eigenvalue weighted by atomic mass is 10.1. The summed E-state index contributed by atoms with van der Waals surface area (Å²) in [6.45, 7) is 2.06. The number of benzene rings is 2. The Morgan fingerprint density at radius 1 is 1.10 bits per heavy atom. The zero-order valence-corrected chi connectivity index (χ0v) is 13.1. The first-order chi connectivity index (χ1) is 10.2. The molecule has 0 aliphatic rings. The highest BCUT2D eigenvalue weighted by molar-refractivity contribution is 7.98. The van der Waals surface area contributed by atoms with E-state index in [0.29, 0.717) is 0 Å². The number of nitrogens with one attached hydrogen (secondary N) is 1. The fraction of sp³-hybridized carbons (Fsp3) is 0.125. The van der Waals surface area contributed by atoms with Gasteiger partial charge >= 0.3 is 0 Å². The number of nitrogens with zero attached hydrogens (tertiary/aromatic N) is 2. The van der Waals surface area contributed by atoms with Crippen molar-refractivity contribution in [1.29, 1.82) is 0 Å². The van der Waals surface area contributed by atoms with Gasteiger partial charge in [0.15, 0.2) is 5.82 Å². The van der Waals surface area contributed by atoms with Crippen molar-refractivity contribution < 1.29 is 0 Å². The van der Waals surface area contributed by atoms with E-state index in [-0.39, 0.29) is 0 Å². The lowest BCUT2D eigenvalue weighted by Crippen LogP contribution is -1.83. The molecule has 0 saturated carbocycles. The molecule has 0 amide bonds. The van der Waals surface area contributed by atoms with E-state index in [4.69, 9.17) is 11.6 Å². The van der Waals surface area contributed by atoms with Crippen LogP contribution in [0.1, 0.15) is 11.1 Å². The summed E-state index contributed by atoms with van der Waals surface area (Å²) >= 11 is 7.71. The van der Waals surface area contributed by atoms with Gasteiger partial charge in [0.1, 0.15) is 0 Å². The molecule has 1 aromatic heterocycles. The fourth-order valence-electron chi connectivity index (χ4n) is 1.91. The molecule has 2 aromatic carbocycles. The van der Waals surface area contributed by atoms with Crippen LogP contribution in [0.2, 0.25) is 5.02 Å². The molecule has 106 valence electrons. The number of hydrogen-bond acceptors (Lipinski definition) is 3. The monoisotopic (exact) mass is 315 g/mol. The van der Waals surface area contributed by atoms with Crippen molar-refractivity contribution in [3.05, 3.63) is 64.7 Å². The van der Waals surface area contributed by atoms with Gasteiger partial charge in [-0.05, 0) is 18.6 Å². The zero-order valence-electron chi connectivity index (χ0n) is 11.5. The molecule has 0 unspecified atom stereocenters. The molecule has 3 nitrogen and oxygen atoms in total. The molecule has 1 N–H and O–H groups in total. The van der Waals surface area contributed by atoms with Crippen molar-refractivity contribution in [2.75, 3.05) is 0 Å². The molecule has 1 heterocycles. The Labute approximate surface area is 132 Å². The maximum absolute atomic E-state index is 6.14. The predicted octanol–water partition coefficient (Wildman–Crippen LogP) is 4.73. The Balaban J connectivity index is 1.71. The second kappa shape index (κ2) is 6.33. The number of aromatic amines is 1.